The maximum atomic E-state index is 12.2. The summed E-state index contributed by atoms with van der Waals surface area (Å²) in [6.45, 7) is 2.56. The van der Waals surface area contributed by atoms with Crippen molar-refractivity contribution in [2.75, 3.05) is 32.0 Å². The molecule has 0 saturated carbocycles. The van der Waals surface area contributed by atoms with Gasteiger partial charge in [-0.1, -0.05) is 0 Å². The topological polar surface area (TPSA) is 217 Å². The molecular weight excluding hydrogens is 414 g/mol. The summed E-state index contributed by atoms with van der Waals surface area (Å²) in [5.74, 6) is 0.416. The van der Waals surface area contributed by atoms with Gasteiger partial charge in [-0.15, -0.1) is 0 Å². The lowest BCUT2D eigenvalue weighted by atomic mass is 10.1. The number of nitrogens with one attached hydrogen (secondary N) is 3. The molecule has 32 heavy (non-hydrogen) atoms. The van der Waals surface area contributed by atoms with E-state index in [9.17, 15) is 9.59 Å². The van der Waals surface area contributed by atoms with Crippen molar-refractivity contribution in [2.45, 2.75) is 51.1 Å². The van der Waals surface area contributed by atoms with E-state index in [1.807, 2.05) is 0 Å². The summed E-state index contributed by atoms with van der Waals surface area (Å²) < 4.78 is 1.53. The first-order valence-corrected chi connectivity index (χ1v) is 10.7. The van der Waals surface area contributed by atoms with E-state index in [1.54, 1.807) is 12.3 Å². The first-order chi connectivity index (χ1) is 15.3. The van der Waals surface area contributed by atoms with Crippen molar-refractivity contribution in [1.82, 2.24) is 20.2 Å². The molecule has 1 aromatic heterocycles. The predicted molar refractivity (Wildman–Crippen MR) is 127 cm³/mol. The third-order valence-electron chi connectivity index (χ3n) is 4.61. The summed E-state index contributed by atoms with van der Waals surface area (Å²) in [7, 11) is 1.49. The van der Waals surface area contributed by atoms with Crippen molar-refractivity contribution >= 4 is 23.8 Å². The molecule has 2 amide bonds. The Kier molecular flexibility index (Phi) is 12.9. The van der Waals surface area contributed by atoms with Crippen LogP contribution in [0.15, 0.2) is 27.0 Å². The average molecular weight is 452 g/mol. The number of hydrogen-bond acceptors (Lipinski definition) is 6. The molecule has 1 heterocycles. The molecule has 0 spiro atoms. The number of nitrogens with zero attached hydrogens (tertiary/aromatic N) is 4. The van der Waals surface area contributed by atoms with E-state index < -0.39 is 11.7 Å². The summed E-state index contributed by atoms with van der Waals surface area (Å²) in [4.78, 5) is 35.4. The van der Waals surface area contributed by atoms with Gasteiger partial charge >= 0.3 is 11.7 Å². The van der Waals surface area contributed by atoms with Crippen LogP contribution < -0.4 is 44.6 Å². The molecule has 1 rings (SSSR count). The van der Waals surface area contributed by atoms with Crippen LogP contribution in [0.3, 0.4) is 0 Å². The van der Waals surface area contributed by atoms with Crippen molar-refractivity contribution < 1.29 is 4.79 Å². The van der Waals surface area contributed by atoms with Gasteiger partial charge in [0.15, 0.2) is 11.9 Å². The fourth-order valence-corrected chi connectivity index (χ4v) is 3.00. The zero-order valence-corrected chi connectivity index (χ0v) is 18.7. The van der Waals surface area contributed by atoms with E-state index in [0.717, 1.165) is 45.1 Å². The minimum absolute atomic E-state index is 0.0930. The van der Waals surface area contributed by atoms with Crippen LogP contribution in [0, 0.1) is 0 Å². The fourth-order valence-electron chi connectivity index (χ4n) is 3.00. The molecule has 0 unspecified atom stereocenters. The highest BCUT2D eigenvalue weighted by Gasteiger charge is 2.09. The highest BCUT2D eigenvalue weighted by Crippen LogP contribution is 2.08. The molecule has 0 aliphatic rings. The van der Waals surface area contributed by atoms with Crippen LogP contribution in [0.1, 0.15) is 38.5 Å². The monoisotopic (exact) mass is 451 g/mol. The second-order valence-electron chi connectivity index (χ2n) is 7.25. The number of urea groups is 1. The number of aryl methyl sites for hydroxylation is 1. The smallest absolute Gasteiger partial charge is 0.349 e. The largest absolute Gasteiger partial charge is 0.370 e. The number of unbranched alkanes of at least 4 members (excludes halogenated alkanes) is 1. The van der Waals surface area contributed by atoms with Crippen LogP contribution in [0.25, 0.3) is 0 Å². The Labute approximate surface area is 188 Å². The van der Waals surface area contributed by atoms with Gasteiger partial charge in [-0.05, 0) is 51.1 Å². The summed E-state index contributed by atoms with van der Waals surface area (Å²) in [5.41, 5.74) is 21.0. The van der Waals surface area contributed by atoms with Crippen LogP contribution in [0.4, 0.5) is 10.6 Å². The molecule has 0 aliphatic heterocycles. The lowest BCUT2D eigenvalue weighted by Gasteiger charge is -2.19. The minimum Gasteiger partial charge on any atom is -0.370 e. The normalized spacial score (nSPS) is 11.4. The molecule has 0 bridgehead atoms. The number of guanidine groups is 2. The van der Waals surface area contributed by atoms with Crippen molar-refractivity contribution in [2.24, 2.45) is 32.9 Å². The molecule has 1 aromatic rings. The van der Waals surface area contributed by atoms with Gasteiger partial charge in [0.2, 0.25) is 0 Å². The molecule has 0 aliphatic carbocycles. The number of aromatic nitrogens is 2. The number of nitrogens with two attached hydrogens (primary N) is 4. The Hall–Kier alpha value is -3.35. The van der Waals surface area contributed by atoms with Gasteiger partial charge in [0.1, 0.15) is 5.82 Å². The van der Waals surface area contributed by atoms with Crippen LogP contribution >= 0.6 is 0 Å². The molecule has 1 atom stereocenters. The third kappa shape index (κ3) is 12.4. The van der Waals surface area contributed by atoms with Gasteiger partial charge in [-0.3, -0.25) is 19.9 Å². The van der Waals surface area contributed by atoms with Crippen molar-refractivity contribution in [3.63, 3.8) is 0 Å². The van der Waals surface area contributed by atoms with Crippen molar-refractivity contribution in [1.29, 1.82) is 0 Å². The lowest BCUT2D eigenvalue weighted by molar-refractivity contribution is 0.254. The second-order valence-corrected chi connectivity index (χ2v) is 7.25. The number of amides is 2. The second kappa shape index (κ2) is 15.5. The first-order valence-electron chi connectivity index (χ1n) is 10.7. The van der Waals surface area contributed by atoms with Crippen molar-refractivity contribution in [3.05, 3.63) is 22.7 Å². The Morgan fingerprint density at radius 3 is 2.34 bits per heavy atom. The van der Waals surface area contributed by atoms with Gasteiger partial charge < -0.3 is 33.6 Å². The quantitative estimate of drug-likeness (QED) is 0.0977. The number of rotatable bonds is 15. The Morgan fingerprint density at radius 1 is 1.06 bits per heavy atom. The summed E-state index contributed by atoms with van der Waals surface area (Å²) in [6, 6.07) is 1.44. The predicted octanol–water partition coefficient (Wildman–Crippen LogP) is -1.16. The van der Waals surface area contributed by atoms with E-state index in [2.05, 4.69) is 30.9 Å². The molecule has 0 aromatic carbocycles. The van der Waals surface area contributed by atoms with Gasteiger partial charge in [0.25, 0.3) is 0 Å². The molecule has 180 valence electrons. The number of aliphatic imine (C=N–C) groups is 2. The lowest BCUT2D eigenvalue weighted by Crippen LogP contribution is -2.32. The fraction of sp³-hybridized carbons (Fsp3) is 0.632. The molecular formula is C19H37N11O2. The third-order valence-corrected chi connectivity index (χ3v) is 4.61. The van der Waals surface area contributed by atoms with Crippen LogP contribution in [-0.4, -0.2) is 60.2 Å². The average Bonchev–Trinajstić information content (AvgIpc) is 2.74. The van der Waals surface area contributed by atoms with Gasteiger partial charge in [-0.25, -0.2) is 9.59 Å². The molecule has 0 saturated heterocycles. The maximum absolute atomic E-state index is 12.2. The van der Waals surface area contributed by atoms with Gasteiger partial charge in [0, 0.05) is 38.9 Å². The number of carbonyl (C=O) groups excluding carboxylic acids is 1. The standard InChI is InChI=1S/C19H37N11O2/c1-24-18(31)28-15-8-13-30(19(32)29-15)12-5-7-14(6-4-11-27-17(22)23)25-9-2-3-10-26-16(20)21/h8,13-14,25H,2-7,9-12H2,1H3,(H4,20,21,26)(H4,22,23,27)(H2,24,28,29,31,32)/t14-/m0/s1. The number of carbonyl (C=O) groups is 1. The zero-order chi connectivity index (χ0) is 23.8. The van der Waals surface area contributed by atoms with E-state index in [-0.39, 0.29) is 23.8 Å². The van der Waals surface area contributed by atoms with Gasteiger partial charge in [-0.2, -0.15) is 4.98 Å². The van der Waals surface area contributed by atoms with E-state index in [4.69, 9.17) is 22.9 Å². The van der Waals surface area contributed by atoms with Crippen molar-refractivity contribution in [3.8, 4) is 0 Å². The van der Waals surface area contributed by atoms with Crippen LogP contribution in [0.5, 0.6) is 0 Å². The summed E-state index contributed by atoms with van der Waals surface area (Å²) in [5, 5.41) is 8.44. The number of hydrogen-bond donors (Lipinski definition) is 7. The first kappa shape index (κ1) is 26.7. The van der Waals surface area contributed by atoms with Crippen LogP contribution in [-0.2, 0) is 6.54 Å². The molecule has 0 radical (unpaired) electrons. The molecule has 11 N–H and O–H groups in total. The van der Waals surface area contributed by atoms with Gasteiger partial charge in [0.05, 0.1) is 0 Å². The Balaban J connectivity index is 2.51. The Bertz CT molecular complexity index is 799. The summed E-state index contributed by atoms with van der Waals surface area (Å²) in [6.07, 6.45) is 6.90. The zero-order valence-electron chi connectivity index (χ0n) is 18.7. The van der Waals surface area contributed by atoms with Crippen LogP contribution in [0.2, 0.25) is 0 Å². The summed E-state index contributed by atoms with van der Waals surface area (Å²) >= 11 is 0. The molecule has 13 heteroatoms. The molecule has 13 nitrogen and oxygen atoms in total. The van der Waals surface area contributed by atoms with E-state index in [1.165, 1.54) is 11.6 Å². The SMILES string of the molecule is CNC(=O)Nc1ccn(CCC[C@H](CCCN=C(N)N)NCCCCN=C(N)N)c(=O)n1. The highest BCUT2D eigenvalue weighted by molar-refractivity contribution is 5.87. The minimum atomic E-state index is -0.428. The highest BCUT2D eigenvalue weighted by atomic mass is 16.2. The maximum Gasteiger partial charge on any atom is 0.349 e. The van der Waals surface area contributed by atoms with E-state index >= 15 is 0 Å². The molecule has 0 fully saturated rings. The van der Waals surface area contributed by atoms with E-state index in [0.29, 0.717) is 19.6 Å². The Morgan fingerprint density at radius 2 is 1.72 bits per heavy atom. The number of anilines is 1.